The van der Waals surface area contributed by atoms with Crippen molar-refractivity contribution in [2.45, 2.75) is 51.0 Å². The number of nitrogens with one attached hydrogen (secondary N) is 1. The number of amides is 1. The molecule has 6 heteroatoms. The maximum Gasteiger partial charge on any atom is 0.265 e. The maximum absolute atomic E-state index is 12.3. The van der Waals surface area contributed by atoms with E-state index in [9.17, 15) is 4.79 Å². The number of alkyl halides is 1. The molecule has 0 aromatic carbocycles. The molecule has 0 unspecified atom stereocenters. The molecule has 1 heterocycles. The largest absolute Gasteiger partial charge is 0.345 e. The van der Waals surface area contributed by atoms with Gasteiger partial charge < -0.3 is 5.32 Å². The van der Waals surface area contributed by atoms with Crippen LogP contribution in [0.1, 0.15) is 54.4 Å². The van der Waals surface area contributed by atoms with E-state index in [4.69, 9.17) is 0 Å². The zero-order valence-corrected chi connectivity index (χ0v) is 12.9. The van der Waals surface area contributed by atoms with E-state index in [-0.39, 0.29) is 11.4 Å². The van der Waals surface area contributed by atoms with Gasteiger partial charge in [-0.15, -0.1) is 5.10 Å². The number of nitrogens with zero attached hydrogens (tertiary/aromatic N) is 2. The first-order valence-corrected chi connectivity index (χ1v) is 8.30. The summed E-state index contributed by atoms with van der Waals surface area (Å²) in [6, 6.07) is 0. The molecule has 1 N–H and O–H groups in total. The predicted molar refractivity (Wildman–Crippen MR) is 76.4 cm³/mol. The summed E-state index contributed by atoms with van der Waals surface area (Å²) in [6.45, 7) is 1.99. The Bertz CT molecular complexity index is 415. The van der Waals surface area contributed by atoms with Gasteiger partial charge in [0.15, 0.2) is 0 Å². The van der Waals surface area contributed by atoms with Crippen LogP contribution in [-0.2, 0) is 6.42 Å². The molecular weight excluding hydrogens is 314 g/mol. The van der Waals surface area contributed by atoms with Crippen LogP contribution in [0.5, 0.6) is 0 Å². The van der Waals surface area contributed by atoms with E-state index in [2.05, 4.69) is 30.8 Å². The van der Waals surface area contributed by atoms with Crippen LogP contribution in [0.4, 0.5) is 0 Å². The van der Waals surface area contributed by atoms with Gasteiger partial charge in [0.2, 0.25) is 0 Å². The fourth-order valence-electron chi connectivity index (χ4n) is 2.43. The molecule has 1 aromatic rings. The summed E-state index contributed by atoms with van der Waals surface area (Å²) in [6.07, 6.45) is 6.50. The molecule has 1 saturated carbocycles. The van der Waals surface area contributed by atoms with Crippen molar-refractivity contribution >= 4 is 33.4 Å². The number of carbonyl (C=O) groups is 1. The second-order valence-electron chi connectivity index (χ2n) is 4.83. The van der Waals surface area contributed by atoms with Gasteiger partial charge in [0.05, 0.1) is 11.2 Å². The molecule has 0 saturated heterocycles. The van der Waals surface area contributed by atoms with Crippen molar-refractivity contribution in [3.8, 4) is 0 Å². The van der Waals surface area contributed by atoms with Crippen LogP contribution in [-0.4, -0.2) is 26.4 Å². The lowest BCUT2D eigenvalue weighted by Crippen LogP contribution is -2.51. The highest BCUT2D eigenvalue weighted by Gasteiger charge is 2.33. The first-order valence-electron chi connectivity index (χ1n) is 6.40. The SMILES string of the molecule is CCc1nnsc1C(=O)NC1(CBr)CCCCC1. The van der Waals surface area contributed by atoms with Crippen molar-refractivity contribution in [1.82, 2.24) is 14.9 Å². The number of carbonyl (C=O) groups excluding carboxylic acids is 1. The molecule has 1 aliphatic carbocycles. The Morgan fingerprint density at radius 2 is 2.17 bits per heavy atom. The molecule has 1 aliphatic rings. The van der Waals surface area contributed by atoms with Gasteiger partial charge in [0, 0.05) is 5.33 Å². The lowest BCUT2D eigenvalue weighted by atomic mass is 9.83. The maximum atomic E-state index is 12.3. The fourth-order valence-corrected chi connectivity index (χ4v) is 3.78. The highest BCUT2D eigenvalue weighted by Crippen LogP contribution is 2.30. The highest BCUT2D eigenvalue weighted by molar-refractivity contribution is 9.09. The second-order valence-corrected chi connectivity index (χ2v) is 6.15. The van der Waals surface area contributed by atoms with Gasteiger partial charge in [-0.05, 0) is 30.8 Å². The average molecular weight is 332 g/mol. The average Bonchev–Trinajstić information content (AvgIpc) is 2.88. The zero-order valence-electron chi connectivity index (χ0n) is 10.5. The molecular formula is C12H18BrN3OS. The van der Waals surface area contributed by atoms with Gasteiger partial charge in [-0.2, -0.15) is 0 Å². The monoisotopic (exact) mass is 331 g/mol. The Morgan fingerprint density at radius 3 is 2.78 bits per heavy atom. The summed E-state index contributed by atoms with van der Waals surface area (Å²) in [7, 11) is 0. The molecule has 1 aromatic heterocycles. The summed E-state index contributed by atoms with van der Waals surface area (Å²) in [5, 5.41) is 8.02. The Balaban J connectivity index is 2.10. The zero-order chi connectivity index (χ0) is 13.0. The first-order chi connectivity index (χ1) is 8.71. The van der Waals surface area contributed by atoms with Crippen LogP contribution >= 0.6 is 27.5 Å². The minimum Gasteiger partial charge on any atom is -0.345 e. The number of hydrogen-bond donors (Lipinski definition) is 1. The molecule has 1 fully saturated rings. The van der Waals surface area contributed by atoms with Crippen LogP contribution < -0.4 is 5.32 Å². The molecule has 0 bridgehead atoms. The molecule has 2 rings (SSSR count). The van der Waals surface area contributed by atoms with Crippen LogP contribution in [0.3, 0.4) is 0 Å². The Morgan fingerprint density at radius 1 is 1.44 bits per heavy atom. The molecule has 100 valence electrons. The third-order valence-corrected chi connectivity index (χ3v) is 5.38. The van der Waals surface area contributed by atoms with Crippen LogP contribution in [0.25, 0.3) is 0 Å². The van der Waals surface area contributed by atoms with E-state index in [1.54, 1.807) is 0 Å². The summed E-state index contributed by atoms with van der Waals surface area (Å²) >= 11 is 4.74. The van der Waals surface area contributed by atoms with Crippen molar-refractivity contribution in [2.24, 2.45) is 0 Å². The lowest BCUT2D eigenvalue weighted by molar-refractivity contribution is 0.0889. The van der Waals surface area contributed by atoms with Gasteiger partial charge in [-0.3, -0.25) is 4.79 Å². The normalized spacial score (nSPS) is 18.6. The van der Waals surface area contributed by atoms with Gasteiger partial charge >= 0.3 is 0 Å². The van der Waals surface area contributed by atoms with E-state index < -0.39 is 0 Å². The Labute approximate surface area is 120 Å². The summed E-state index contributed by atoms with van der Waals surface area (Å²) in [5.41, 5.74) is 0.725. The van der Waals surface area contributed by atoms with E-state index in [0.717, 1.165) is 30.3 Å². The summed E-state index contributed by atoms with van der Waals surface area (Å²) in [5.74, 6) is -0.0109. The molecule has 0 spiro atoms. The van der Waals surface area contributed by atoms with Crippen molar-refractivity contribution in [2.75, 3.05) is 5.33 Å². The summed E-state index contributed by atoms with van der Waals surface area (Å²) < 4.78 is 3.87. The molecule has 0 radical (unpaired) electrons. The number of hydrogen-bond acceptors (Lipinski definition) is 4. The lowest BCUT2D eigenvalue weighted by Gasteiger charge is -2.36. The van der Waals surface area contributed by atoms with E-state index >= 15 is 0 Å². The minimum absolute atomic E-state index is 0.0109. The van der Waals surface area contributed by atoms with Crippen molar-refractivity contribution in [3.05, 3.63) is 10.6 Å². The van der Waals surface area contributed by atoms with Crippen molar-refractivity contribution in [1.29, 1.82) is 0 Å². The van der Waals surface area contributed by atoms with Gasteiger partial charge in [-0.25, -0.2) is 0 Å². The first kappa shape index (κ1) is 13.9. The Hall–Kier alpha value is -0.490. The van der Waals surface area contributed by atoms with Gasteiger partial charge in [0.25, 0.3) is 5.91 Å². The Kier molecular flexibility index (Phi) is 4.72. The molecule has 0 aliphatic heterocycles. The third kappa shape index (κ3) is 2.91. The number of aromatic nitrogens is 2. The van der Waals surface area contributed by atoms with Crippen LogP contribution in [0.15, 0.2) is 0 Å². The summed E-state index contributed by atoms with van der Waals surface area (Å²) in [4.78, 5) is 13.0. The quantitative estimate of drug-likeness (QED) is 0.863. The number of halogens is 1. The molecule has 1 amide bonds. The van der Waals surface area contributed by atoms with Gasteiger partial charge in [0.1, 0.15) is 4.88 Å². The highest BCUT2D eigenvalue weighted by atomic mass is 79.9. The topological polar surface area (TPSA) is 54.9 Å². The smallest absolute Gasteiger partial charge is 0.265 e. The van der Waals surface area contributed by atoms with E-state index in [1.807, 2.05) is 6.92 Å². The van der Waals surface area contributed by atoms with Crippen molar-refractivity contribution < 1.29 is 4.79 Å². The second kappa shape index (κ2) is 6.10. The molecule has 0 atom stereocenters. The van der Waals surface area contributed by atoms with Crippen molar-refractivity contribution in [3.63, 3.8) is 0 Å². The number of rotatable bonds is 4. The fraction of sp³-hybridized carbons (Fsp3) is 0.750. The van der Waals surface area contributed by atoms with E-state index in [0.29, 0.717) is 4.88 Å². The standard InChI is InChI=1S/C12H18BrN3OS/c1-2-9-10(18-16-15-9)11(17)14-12(8-13)6-4-3-5-7-12/h2-8H2,1H3,(H,14,17). The number of aryl methyl sites for hydroxylation is 1. The van der Waals surface area contributed by atoms with Crippen LogP contribution in [0.2, 0.25) is 0 Å². The van der Waals surface area contributed by atoms with Gasteiger partial charge in [-0.1, -0.05) is 46.6 Å². The van der Waals surface area contributed by atoms with E-state index in [1.165, 1.54) is 30.8 Å². The predicted octanol–water partition coefficient (Wildman–Crippen LogP) is 2.93. The molecule has 18 heavy (non-hydrogen) atoms. The van der Waals surface area contributed by atoms with Crippen LogP contribution in [0, 0.1) is 0 Å². The minimum atomic E-state index is -0.0790. The third-order valence-electron chi connectivity index (χ3n) is 3.54. The molecule has 4 nitrogen and oxygen atoms in total.